The van der Waals surface area contributed by atoms with E-state index in [-0.39, 0.29) is 27.6 Å². The summed E-state index contributed by atoms with van der Waals surface area (Å²) >= 11 is 0. The standard InChI is InChI=1S/C15H20N5O3S.H2O/c1-4-24(21,22)23-20(8-10(2)3)9-18-13-14(20)12-11(19-15(13)16)6-5-7-17-12;/h5-7,9-10H,4,8H2,1-3H3,(H2,16,19);1H2/q+1;. The number of hydrogen-bond donors (Lipinski definition) is 1. The van der Waals surface area contributed by atoms with E-state index in [2.05, 4.69) is 15.0 Å². The van der Waals surface area contributed by atoms with Gasteiger partial charge in [0.15, 0.2) is 17.0 Å². The van der Waals surface area contributed by atoms with Crippen LogP contribution in [0.1, 0.15) is 20.8 Å². The molecule has 0 bridgehead atoms. The van der Waals surface area contributed by atoms with Gasteiger partial charge >= 0.3 is 10.1 Å². The number of nitrogen functional groups attached to an aromatic ring is 1. The van der Waals surface area contributed by atoms with Crippen LogP contribution >= 0.6 is 0 Å². The van der Waals surface area contributed by atoms with E-state index in [4.69, 9.17) is 10.0 Å². The van der Waals surface area contributed by atoms with E-state index in [0.29, 0.717) is 29.0 Å². The minimum Gasteiger partial charge on any atom is -0.412 e. The van der Waals surface area contributed by atoms with Crippen molar-refractivity contribution in [3.8, 4) is 0 Å². The Morgan fingerprint density at radius 1 is 1.36 bits per heavy atom. The third-order valence-electron chi connectivity index (χ3n) is 3.71. The van der Waals surface area contributed by atoms with Gasteiger partial charge in [0.25, 0.3) is 0 Å². The third-order valence-corrected chi connectivity index (χ3v) is 4.91. The number of aliphatic imine (C=N–C) groups is 1. The van der Waals surface area contributed by atoms with Crippen molar-refractivity contribution in [3.05, 3.63) is 18.3 Å². The van der Waals surface area contributed by atoms with Crippen molar-refractivity contribution in [1.82, 2.24) is 14.6 Å². The molecule has 4 N–H and O–H groups in total. The first kappa shape index (κ1) is 19.2. The first-order valence-corrected chi connectivity index (χ1v) is 9.27. The van der Waals surface area contributed by atoms with Crippen LogP contribution in [0.5, 0.6) is 0 Å². The summed E-state index contributed by atoms with van der Waals surface area (Å²) < 4.78 is 29.6. The van der Waals surface area contributed by atoms with Crippen LogP contribution in [-0.4, -0.2) is 42.5 Å². The highest BCUT2D eigenvalue weighted by Gasteiger charge is 2.47. The van der Waals surface area contributed by atoms with Crippen molar-refractivity contribution < 1.29 is 18.2 Å². The highest BCUT2D eigenvalue weighted by molar-refractivity contribution is 7.86. The lowest BCUT2D eigenvalue weighted by atomic mass is 10.1. The molecular weight excluding hydrogens is 346 g/mol. The largest absolute Gasteiger partial charge is 0.412 e. The number of pyridine rings is 2. The van der Waals surface area contributed by atoms with Crippen LogP contribution in [0.4, 0.5) is 17.2 Å². The van der Waals surface area contributed by atoms with Crippen molar-refractivity contribution in [2.45, 2.75) is 20.8 Å². The molecule has 0 radical (unpaired) electrons. The van der Waals surface area contributed by atoms with E-state index in [1.165, 1.54) is 13.3 Å². The normalized spacial score (nSPS) is 19.2. The Morgan fingerprint density at radius 2 is 2.08 bits per heavy atom. The van der Waals surface area contributed by atoms with Crippen LogP contribution in [-0.2, 0) is 14.4 Å². The molecule has 25 heavy (non-hydrogen) atoms. The molecule has 2 aromatic heterocycles. The molecule has 0 aliphatic carbocycles. The molecule has 3 rings (SSSR count). The number of quaternary nitrogens is 1. The van der Waals surface area contributed by atoms with Gasteiger partial charge in [0.05, 0.1) is 11.3 Å². The number of rotatable bonds is 5. The van der Waals surface area contributed by atoms with Crippen molar-refractivity contribution in [3.63, 3.8) is 0 Å². The van der Waals surface area contributed by atoms with Crippen LogP contribution in [0, 0.1) is 5.92 Å². The van der Waals surface area contributed by atoms with Gasteiger partial charge in [-0.15, -0.1) is 0 Å². The quantitative estimate of drug-likeness (QED) is 0.789. The van der Waals surface area contributed by atoms with Crippen LogP contribution in [0.3, 0.4) is 0 Å². The molecule has 9 nitrogen and oxygen atoms in total. The Labute approximate surface area is 146 Å². The fraction of sp³-hybridized carbons (Fsp3) is 0.400. The van der Waals surface area contributed by atoms with E-state index in [1.807, 2.05) is 13.8 Å². The lowest BCUT2D eigenvalue weighted by Crippen LogP contribution is -2.50. The average molecular weight is 368 g/mol. The summed E-state index contributed by atoms with van der Waals surface area (Å²) in [6.07, 6.45) is 3.08. The van der Waals surface area contributed by atoms with E-state index in [9.17, 15) is 8.42 Å². The summed E-state index contributed by atoms with van der Waals surface area (Å²) in [6.45, 7) is 5.87. The Hall–Kier alpha value is -2.14. The average Bonchev–Trinajstić information content (AvgIpc) is 2.86. The Balaban J connectivity index is 0.00000225. The summed E-state index contributed by atoms with van der Waals surface area (Å²) in [5.74, 6) is 0.228. The second-order valence-electron chi connectivity index (χ2n) is 6.10. The van der Waals surface area contributed by atoms with Gasteiger partial charge in [-0.1, -0.05) is 22.8 Å². The maximum absolute atomic E-state index is 12.2. The Kier molecular flexibility index (Phi) is 5.09. The molecule has 0 saturated heterocycles. The van der Waals surface area contributed by atoms with E-state index >= 15 is 0 Å². The van der Waals surface area contributed by atoms with Crippen LogP contribution in [0.25, 0.3) is 11.0 Å². The molecule has 1 atom stereocenters. The molecule has 0 saturated carbocycles. The highest BCUT2D eigenvalue weighted by atomic mass is 32.2. The molecule has 0 amide bonds. The number of nitrogens with two attached hydrogens (primary N) is 1. The molecule has 10 heteroatoms. The molecule has 0 spiro atoms. The summed E-state index contributed by atoms with van der Waals surface area (Å²) in [5, 5.41) is 0. The Morgan fingerprint density at radius 3 is 2.72 bits per heavy atom. The van der Waals surface area contributed by atoms with Crippen LogP contribution in [0.15, 0.2) is 23.3 Å². The molecule has 136 valence electrons. The molecule has 0 fully saturated rings. The predicted molar refractivity (Wildman–Crippen MR) is 97.8 cm³/mol. The molecular formula is C15H22N5O4S+. The summed E-state index contributed by atoms with van der Waals surface area (Å²) in [7, 11) is -3.74. The van der Waals surface area contributed by atoms with Gasteiger partial charge in [0.1, 0.15) is 6.54 Å². The van der Waals surface area contributed by atoms with Gasteiger partial charge in [-0.25, -0.2) is 9.97 Å². The molecule has 1 unspecified atom stereocenters. The topological polar surface area (TPSA) is 139 Å². The minimum atomic E-state index is -3.74. The fourth-order valence-electron chi connectivity index (χ4n) is 2.80. The lowest BCUT2D eigenvalue weighted by Gasteiger charge is -2.28. The third kappa shape index (κ3) is 3.33. The van der Waals surface area contributed by atoms with E-state index in [0.717, 1.165) is 0 Å². The van der Waals surface area contributed by atoms with Crippen molar-refractivity contribution in [2.24, 2.45) is 10.9 Å². The van der Waals surface area contributed by atoms with Crippen LogP contribution in [0.2, 0.25) is 0 Å². The SMILES string of the molecule is CCS(=O)(=O)O[N+]1(CC(C)C)C=Nc2c(N)nc3cccnc3c21.O. The van der Waals surface area contributed by atoms with Gasteiger partial charge in [-0.05, 0) is 19.1 Å². The number of anilines is 1. The van der Waals surface area contributed by atoms with Gasteiger partial charge in [-0.2, -0.15) is 13.4 Å². The summed E-state index contributed by atoms with van der Waals surface area (Å²) in [6, 6.07) is 3.52. The van der Waals surface area contributed by atoms with Crippen LogP contribution < -0.4 is 10.4 Å². The minimum absolute atomic E-state index is 0. The maximum atomic E-state index is 12.2. The van der Waals surface area contributed by atoms with Gasteiger partial charge < -0.3 is 11.2 Å². The number of aromatic nitrogens is 2. The number of nitrogens with zero attached hydrogens (tertiary/aromatic N) is 4. The number of hydroxylamine groups is 2. The molecule has 3 heterocycles. The lowest BCUT2D eigenvalue weighted by molar-refractivity contribution is 0.0343. The Bertz CT molecular complexity index is 929. The number of hydrogen-bond acceptors (Lipinski definition) is 7. The summed E-state index contributed by atoms with van der Waals surface area (Å²) in [5.41, 5.74) is 8.05. The molecule has 1 aliphatic heterocycles. The summed E-state index contributed by atoms with van der Waals surface area (Å²) in [4.78, 5) is 13.0. The maximum Gasteiger partial charge on any atom is 0.314 e. The van der Waals surface area contributed by atoms with Gasteiger partial charge in [-0.3, -0.25) is 0 Å². The monoisotopic (exact) mass is 368 g/mol. The highest BCUT2D eigenvalue weighted by Crippen LogP contribution is 2.46. The predicted octanol–water partition coefficient (Wildman–Crippen LogP) is 1.31. The van der Waals surface area contributed by atoms with Crippen molar-refractivity contribution >= 4 is 44.7 Å². The second kappa shape index (κ2) is 6.64. The van der Waals surface area contributed by atoms with Crippen molar-refractivity contribution in [1.29, 1.82) is 0 Å². The van der Waals surface area contributed by atoms with Gasteiger partial charge in [0, 0.05) is 12.1 Å². The zero-order valence-corrected chi connectivity index (χ0v) is 15.1. The van der Waals surface area contributed by atoms with E-state index in [1.54, 1.807) is 18.3 Å². The second-order valence-corrected chi connectivity index (χ2v) is 7.94. The first-order chi connectivity index (χ1) is 11.3. The van der Waals surface area contributed by atoms with Gasteiger partial charge in [0.2, 0.25) is 12.0 Å². The molecule has 2 aromatic rings. The smallest absolute Gasteiger partial charge is 0.314 e. The molecule has 1 aliphatic rings. The fourth-order valence-corrected chi connectivity index (χ4v) is 3.49. The zero-order valence-electron chi connectivity index (χ0n) is 14.3. The van der Waals surface area contributed by atoms with E-state index < -0.39 is 10.1 Å². The van der Waals surface area contributed by atoms with Crippen molar-refractivity contribution in [2.75, 3.05) is 18.0 Å². The molecule has 0 aromatic carbocycles. The number of fused-ring (bicyclic) bond motifs is 3. The zero-order chi connectivity index (χ0) is 17.5. The first-order valence-electron chi connectivity index (χ1n) is 7.69.